The normalized spacial score (nSPS) is 13.0. The summed E-state index contributed by atoms with van der Waals surface area (Å²) < 4.78 is 5.26. The molecule has 1 unspecified atom stereocenters. The topological polar surface area (TPSA) is 52.0 Å². The summed E-state index contributed by atoms with van der Waals surface area (Å²) >= 11 is 1.72. The van der Waals surface area contributed by atoms with E-state index in [1.165, 1.54) is 4.88 Å². The molecular formula is C12H16N2OS. The standard InChI is InChI=1S/C12H16N2OS/c1-7-4-10(6-15-7)11(13)5-12-14-8(2)9(3)16-12/h4,6,11H,5,13H2,1-3H3. The minimum atomic E-state index is -0.0256. The third-order valence-corrected chi connectivity index (χ3v) is 3.74. The summed E-state index contributed by atoms with van der Waals surface area (Å²) in [4.78, 5) is 5.76. The van der Waals surface area contributed by atoms with Gasteiger partial charge in [0.2, 0.25) is 0 Å². The number of thiazole rings is 1. The molecule has 2 N–H and O–H groups in total. The number of furan rings is 1. The maximum Gasteiger partial charge on any atom is 0.101 e. The highest BCUT2D eigenvalue weighted by Crippen LogP contribution is 2.23. The van der Waals surface area contributed by atoms with Crippen LogP contribution >= 0.6 is 11.3 Å². The third-order valence-electron chi connectivity index (χ3n) is 2.65. The summed E-state index contributed by atoms with van der Waals surface area (Å²) in [6.07, 6.45) is 2.51. The predicted octanol–water partition coefficient (Wildman–Crippen LogP) is 2.90. The van der Waals surface area contributed by atoms with Gasteiger partial charge in [0.05, 0.1) is 17.0 Å². The first kappa shape index (κ1) is 11.4. The van der Waals surface area contributed by atoms with Crippen LogP contribution in [0.25, 0.3) is 0 Å². The van der Waals surface area contributed by atoms with Crippen molar-refractivity contribution in [3.8, 4) is 0 Å². The Kier molecular flexibility index (Phi) is 3.12. The van der Waals surface area contributed by atoms with E-state index in [9.17, 15) is 0 Å². The van der Waals surface area contributed by atoms with Gasteiger partial charge in [-0.3, -0.25) is 0 Å². The zero-order valence-electron chi connectivity index (χ0n) is 9.78. The fourth-order valence-corrected chi connectivity index (χ4v) is 2.58. The molecule has 3 nitrogen and oxygen atoms in total. The van der Waals surface area contributed by atoms with Crippen LogP contribution in [-0.4, -0.2) is 4.98 Å². The largest absolute Gasteiger partial charge is 0.469 e. The molecule has 0 aliphatic carbocycles. The van der Waals surface area contributed by atoms with Crippen LogP contribution in [0.4, 0.5) is 0 Å². The van der Waals surface area contributed by atoms with Gasteiger partial charge in [0.25, 0.3) is 0 Å². The molecule has 2 aromatic rings. The zero-order chi connectivity index (χ0) is 11.7. The van der Waals surface area contributed by atoms with Gasteiger partial charge in [0.15, 0.2) is 0 Å². The molecule has 0 saturated heterocycles. The fourth-order valence-electron chi connectivity index (χ4n) is 1.59. The maximum atomic E-state index is 6.11. The molecule has 16 heavy (non-hydrogen) atoms. The van der Waals surface area contributed by atoms with Crippen LogP contribution < -0.4 is 5.73 Å². The summed E-state index contributed by atoms with van der Waals surface area (Å²) in [5.74, 6) is 0.900. The van der Waals surface area contributed by atoms with Crippen LogP contribution in [0.2, 0.25) is 0 Å². The van der Waals surface area contributed by atoms with Gasteiger partial charge < -0.3 is 10.2 Å². The minimum Gasteiger partial charge on any atom is -0.469 e. The Morgan fingerprint density at radius 1 is 1.44 bits per heavy atom. The molecule has 0 saturated carbocycles. The average Bonchev–Trinajstić information content (AvgIpc) is 2.75. The Hall–Kier alpha value is -1.13. The van der Waals surface area contributed by atoms with E-state index >= 15 is 0 Å². The summed E-state index contributed by atoms with van der Waals surface area (Å²) in [6.45, 7) is 6.04. The fraction of sp³-hybridized carbons (Fsp3) is 0.417. The van der Waals surface area contributed by atoms with E-state index in [1.807, 2.05) is 19.9 Å². The molecule has 2 heterocycles. The Morgan fingerprint density at radius 3 is 2.69 bits per heavy atom. The van der Waals surface area contributed by atoms with Crippen molar-refractivity contribution in [2.75, 3.05) is 0 Å². The lowest BCUT2D eigenvalue weighted by molar-refractivity contribution is 0.528. The SMILES string of the molecule is Cc1cc(C(N)Cc2nc(C)c(C)s2)co1. The van der Waals surface area contributed by atoms with Crippen molar-refractivity contribution in [2.45, 2.75) is 33.2 Å². The monoisotopic (exact) mass is 236 g/mol. The van der Waals surface area contributed by atoms with Crippen molar-refractivity contribution < 1.29 is 4.42 Å². The van der Waals surface area contributed by atoms with Gasteiger partial charge in [-0.25, -0.2) is 4.98 Å². The summed E-state index contributed by atoms with van der Waals surface area (Å²) in [5, 5.41) is 1.10. The van der Waals surface area contributed by atoms with Gasteiger partial charge in [-0.1, -0.05) is 0 Å². The quantitative estimate of drug-likeness (QED) is 0.891. The lowest BCUT2D eigenvalue weighted by Crippen LogP contribution is -2.12. The van der Waals surface area contributed by atoms with Crippen molar-refractivity contribution in [1.82, 2.24) is 4.98 Å². The summed E-state index contributed by atoms with van der Waals surface area (Å²) in [7, 11) is 0. The van der Waals surface area contributed by atoms with E-state index < -0.39 is 0 Å². The number of nitrogens with two attached hydrogens (primary N) is 1. The van der Waals surface area contributed by atoms with Crippen LogP contribution in [-0.2, 0) is 6.42 Å². The molecule has 1 atom stereocenters. The molecule has 86 valence electrons. The zero-order valence-corrected chi connectivity index (χ0v) is 10.6. The number of hydrogen-bond acceptors (Lipinski definition) is 4. The molecule has 2 aromatic heterocycles. The highest BCUT2D eigenvalue weighted by Gasteiger charge is 2.12. The predicted molar refractivity (Wildman–Crippen MR) is 65.7 cm³/mol. The van der Waals surface area contributed by atoms with Crippen molar-refractivity contribution in [2.24, 2.45) is 5.73 Å². The van der Waals surface area contributed by atoms with E-state index in [2.05, 4.69) is 11.9 Å². The third kappa shape index (κ3) is 2.33. The molecule has 4 heteroatoms. The molecule has 0 aromatic carbocycles. The number of nitrogens with zero attached hydrogens (tertiary/aromatic N) is 1. The molecule has 0 aliphatic rings. The van der Waals surface area contributed by atoms with Gasteiger partial charge >= 0.3 is 0 Å². The van der Waals surface area contributed by atoms with Gasteiger partial charge in [-0.15, -0.1) is 11.3 Å². The lowest BCUT2D eigenvalue weighted by atomic mass is 10.1. The van der Waals surface area contributed by atoms with E-state index in [-0.39, 0.29) is 6.04 Å². The highest BCUT2D eigenvalue weighted by molar-refractivity contribution is 7.11. The number of rotatable bonds is 3. The molecule has 0 aliphatic heterocycles. The van der Waals surface area contributed by atoms with E-state index in [1.54, 1.807) is 17.6 Å². The lowest BCUT2D eigenvalue weighted by Gasteiger charge is -2.05. The molecule has 0 amide bonds. The minimum absolute atomic E-state index is 0.0256. The maximum absolute atomic E-state index is 6.11. The van der Waals surface area contributed by atoms with Gasteiger partial charge in [-0.2, -0.15) is 0 Å². The van der Waals surface area contributed by atoms with E-state index in [0.717, 1.165) is 28.4 Å². The summed E-state index contributed by atoms with van der Waals surface area (Å²) in [5.41, 5.74) is 8.26. The van der Waals surface area contributed by atoms with Crippen molar-refractivity contribution in [3.05, 3.63) is 39.2 Å². The highest BCUT2D eigenvalue weighted by atomic mass is 32.1. The van der Waals surface area contributed by atoms with Gasteiger partial charge in [0, 0.05) is 22.9 Å². The molecule has 0 spiro atoms. The number of aryl methyl sites for hydroxylation is 3. The van der Waals surface area contributed by atoms with Crippen LogP contribution in [0.1, 0.15) is 32.9 Å². The second-order valence-electron chi connectivity index (χ2n) is 4.05. The molecule has 0 bridgehead atoms. The first-order valence-corrected chi connectivity index (χ1v) is 6.11. The Labute approximate surface area is 99.3 Å². The Morgan fingerprint density at radius 2 is 2.19 bits per heavy atom. The second kappa shape index (κ2) is 4.39. The van der Waals surface area contributed by atoms with Crippen molar-refractivity contribution in [3.63, 3.8) is 0 Å². The first-order valence-electron chi connectivity index (χ1n) is 5.30. The first-order chi connectivity index (χ1) is 7.56. The van der Waals surface area contributed by atoms with Crippen molar-refractivity contribution >= 4 is 11.3 Å². The van der Waals surface area contributed by atoms with Crippen molar-refractivity contribution in [1.29, 1.82) is 0 Å². The van der Waals surface area contributed by atoms with Crippen LogP contribution in [0, 0.1) is 20.8 Å². The van der Waals surface area contributed by atoms with E-state index in [0.29, 0.717) is 0 Å². The second-order valence-corrected chi connectivity index (χ2v) is 5.34. The van der Waals surface area contributed by atoms with Crippen LogP contribution in [0.15, 0.2) is 16.7 Å². The van der Waals surface area contributed by atoms with Crippen LogP contribution in [0.5, 0.6) is 0 Å². The Balaban J connectivity index is 2.10. The average molecular weight is 236 g/mol. The van der Waals surface area contributed by atoms with E-state index in [4.69, 9.17) is 10.2 Å². The number of hydrogen-bond donors (Lipinski definition) is 1. The molecule has 0 radical (unpaired) electrons. The smallest absolute Gasteiger partial charge is 0.101 e. The Bertz CT molecular complexity index is 467. The molecule has 2 rings (SSSR count). The molecular weight excluding hydrogens is 220 g/mol. The molecule has 0 fully saturated rings. The summed E-state index contributed by atoms with van der Waals surface area (Å²) in [6, 6.07) is 1.96. The number of aromatic nitrogens is 1. The van der Waals surface area contributed by atoms with Crippen LogP contribution in [0.3, 0.4) is 0 Å². The van der Waals surface area contributed by atoms with Gasteiger partial charge in [-0.05, 0) is 26.8 Å². The van der Waals surface area contributed by atoms with Gasteiger partial charge in [0.1, 0.15) is 5.76 Å².